The van der Waals surface area contributed by atoms with Crippen LogP contribution in [0.5, 0.6) is 0 Å². The molecule has 0 spiro atoms. The van der Waals surface area contributed by atoms with Crippen LogP contribution in [0.25, 0.3) is 0 Å². The summed E-state index contributed by atoms with van der Waals surface area (Å²) in [6, 6.07) is 10.6. The predicted octanol–water partition coefficient (Wildman–Crippen LogP) is 4.59. The number of hydrogen-bond acceptors (Lipinski definition) is 0. The van der Waals surface area contributed by atoms with Gasteiger partial charge in [-0.2, -0.15) is 0 Å². The first-order chi connectivity index (χ1) is 6.88. The second kappa shape index (κ2) is 6.89. The number of halogens is 1. The maximum Gasteiger partial charge on any atom is 0.0292 e. The van der Waals surface area contributed by atoms with Gasteiger partial charge in [-0.25, -0.2) is 0 Å². The summed E-state index contributed by atoms with van der Waals surface area (Å²) in [4.78, 5) is 0. The lowest BCUT2D eigenvalue weighted by molar-refractivity contribution is 0.601. The fraction of sp³-hybridized carbons (Fsp3) is 0.538. The molecule has 1 aromatic rings. The van der Waals surface area contributed by atoms with Gasteiger partial charge in [0.2, 0.25) is 0 Å². The molecule has 0 amide bonds. The summed E-state index contributed by atoms with van der Waals surface area (Å²) < 4.78 is 0. The van der Waals surface area contributed by atoms with Gasteiger partial charge in [-0.15, -0.1) is 11.6 Å². The zero-order valence-corrected chi connectivity index (χ0v) is 9.63. The quantitative estimate of drug-likeness (QED) is 0.476. The lowest BCUT2D eigenvalue weighted by Crippen LogP contribution is -2.00. The van der Waals surface area contributed by atoms with E-state index in [-0.39, 0.29) is 0 Å². The summed E-state index contributed by atoms with van der Waals surface area (Å²) in [7, 11) is 0. The van der Waals surface area contributed by atoms with Crippen molar-refractivity contribution in [3.63, 3.8) is 0 Å². The maximum atomic E-state index is 5.98. The predicted molar refractivity (Wildman–Crippen MR) is 64.0 cm³/mol. The molecule has 0 radical (unpaired) electrons. The van der Waals surface area contributed by atoms with Crippen LogP contribution in [-0.4, -0.2) is 5.88 Å². The average Bonchev–Trinajstić information content (AvgIpc) is 2.26. The molecule has 14 heavy (non-hydrogen) atoms. The fourth-order valence-electron chi connectivity index (χ4n) is 1.70. The molecule has 1 heteroatoms. The van der Waals surface area contributed by atoms with Crippen LogP contribution in [0.3, 0.4) is 0 Å². The van der Waals surface area contributed by atoms with Gasteiger partial charge in [0, 0.05) is 5.88 Å². The van der Waals surface area contributed by atoms with E-state index in [9.17, 15) is 0 Å². The highest BCUT2D eigenvalue weighted by molar-refractivity contribution is 6.18. The van der Waals surface area contributed by atoms with E-state index in [4.69, 9.17) is 11.6 Å². The molecule has 0 heterocycles. The summed E-state index contributed by atoms with van der Waals surface area (Å²) >= 11 is 5.98. The van der Waals surface area contributed by atoms with Crippen LogP contribution >= 0.6 is 11.6 Å². The van der Waals surface area contributed by atoms with Gasteiger partial charge >= 0.3 is 0 Å². The van der Waals surface area contributed by atoms with Gasteiger partial charge in [-0.3, -0.25) is 0 Å². The lowest BCUT2D eigenvalue weighted by atomic mass is 9.95. The van der Waals surface area contributed by atoms with Gasteiger partial charge in [-0.1, -0.05) is 56.5 Å². The molecular weight excluding hydrogens is 192 g/mol. The minimum atomic E-state index is 0.546. The van der Waals surface area contributed by atoms with Crippen molar-refractivity contribution in [3.8, 4) is 0 Å². The second-order valence-corrected chi connectivity index (χ2v) is 4.07. The third-order valence-electron chi connectivity index (χ3n) is 2.61. The first kappa shape index (κ1) is 11.6. The molecule has 1 rings (SSSR count). The largest absolute Gasteiger partial charge is 0.126 e. The summed E-state index contributed by atoms with van der Waals surface area (Å²) in [6.45, 7) is 2.23. The Hall–Kier alpha value is -0.490. The Kier molecular flexibility index (Phi) is 5.70. The molecule has 0 fully saturated rings. The van der Waals surface area contributed by atoms with Crippen LogP contribution in [0.1, 0.15) is 44.1 Å². The van der Waals surface area contributed by atoms with Crippen LogP contribution in [0.4, 0.5) is 0 Å². The number of rotatable bonds is 6. The lowest BCUT2D eigenvalue weighted by Gasteiger charge is -2.13. The molecular formula is C13H19Cl. The van der Waals surface area contributed by atoms with Crippen molar-refractivity contribution in [2.24, 2.45) is 0 Å². The maximum absolute atomic E-state index is 5.98. The molecule has 0 aliphatic carbocycles. The van der Waals surface area contributed by atoms with E-state index in [1.807, 2.05) is 0 Å². The Morgan fingerprint density at radius 3 is 2.43 bits per heavy atom. The van der Waals surface area contributed by atoms with Gasteiger partial charge in [0.15, 0.2) is 0 Å². The molecule has 0 aliphatic heterocycles. The van der Waals surface area contributed by atoms with Crippen molar-refractivity contribution in [1.29, 1.82) is 0 Å². The van der Waals surface area contributed by atoms with E-state index < -0.39 is 0 Å². The molecule has 1 unspecified atom stereocenters. The normalized spacial score (nSPS) is 12.7. The third-order valence-corrected chi connectivity index (χ3v) is 2.99. The summed E-state index contributed by atoms with van der Waals surface area (Å²) in [5.74, 6) is 1.29. The third kappa shape index (κ3) is 3.71. The standard InChI is InChI=1S/C13H19Cl/c1-2-3-5-10-13(11-14)12-8-6-4-7-9-12/h4,6-9,13H,2-3,5,10-11H2,1H3. The fourth-order valence-corrected chi connectivity index (χ4v) is 2.03. The molecule has 78 valence electrons. The Balaban J connectivity index is 2.46. The number of hydrogen-bond donors (Lipinski definition) is 0. The van der Waals surface area contributed by atoms with Gasteiger partial charge in [0.1, 0.15) is 0 Å². The summed E-state index contributed by atoms with van der Waals surface area (Å²) in [5, 5.41) is 0. The average molecular weight is 211 g/mol. The van der Waals surface area contributed by atoms with E-state index in [1.165, 1.54) is 31.2 Å². The van der Waals surface area contributed by atoms with Gasteiger partial charge < -0.3 is 0 Å². The van der Waals surface area contributed by atoms with Gasteiger partial charge in [0.05, 0.1) is 0 Å². The second-order valence-electron chi connectivity index (χ2n) is 3.76. The molecule has 0 saturated carbocycles. The van der Waals surface area contributed by atoms with E-state index in [0.29, 0.717) is 5.92 Å². The van der Waals surface area contributed by atoms with Crippen molar-refractivity contribution in [1.82, 2.24) is 0 Å². The SMILES string of the molecule is CCCCCC(CCl)c1ccccc1. The molecule has 1 atom stereocenters. The van der Waals surface area contributed by atoms with E-state index in [0.717, 1.165) is 5.88 Å². The Morgan fingerprint density at radius 2 is 1.86 bits per heavy atom. The summed E-state index contributed by atoms with van der Waals surface area (Å²) in [6.07, 6.45) is 5.12. The van der Waals surface area contributed by atoms with Gasteiger partial charge in [-0.05, 0) is 17.9 Å². The van der Waals surface area contributed by atoms with Crippen molar-refractivity contribution in [3.05, 3.63) is 35.9 Å². The molecule has 0 nitrogen and oxygen atoms in total. The first-order valence-corrected chi connectivity index (χ1v) is 6.02. The van der Waals surface area contributed by atoms with Crippen LogP contribution in [0.15, 0.2) is 30.3 Å². The summed E-state index contributed by atoms with van der Waals surface area (Å²) in [5.41, 5.74) is 1.39. The number of alkyl halides is 1. The smallest absolute Gasteiger partial charge is 0.0292 e. The molecule has 1 aromatic carbocycles. The zero-order valence-electron chi connectivity index (χ0n) is 8.88. The molecule has 0 aromatic heterocycles. The number of benzene rings is 1. The van der Waals surface area contributed by atoms with E-state index >= 15 is 0 Å². The van der Waals surface area contributed by atoms with E-state index in [1.54, 1.807) is 0 Å². The monoisotopic (exact) mass is 210 g/mol. The van der Waals surface area contributed by atoms with Crippen LogP contribution in [0.2, 0.25) is 0 Å². The van der Waals surface area contributed by atoms with Crippen molar-refractivity contribution in [2.75, 3.05) is 5.88 Å². The van der Waals surface area contributed by atoms with Crippen molar-refractivity contribution >= 4 is 11.6 Å². The van der Waals surface area contributed by atoms with Crippen LogP contribution in [-0.2, 0) is 0 Å². The van der Waals surface area contributed by atoms with Crippen molar-refractivity contribution in [2.45, 2.75) is 38.5 Å². The van der Waals surface area contributed by atoms with Crippen LogP contribution < -0.4 is 0 Å². The van der Waals surface area contributed by atoms with Crippen molar-refractivity contribution < 1.29 is 0 Å². The zero-order chi connectivity index (χ0) is 10.2. The Bertz CT molecular complexity index is 230. The molecule has 0 bridgehead atoms. The highest BCUT2D eigenvalue weighted by Crippen LogP contribution is 2.23. The van der Waals surface area contributed by atoms with Gasteiger partial charge in [0.25, 0.3) is 0 Å². The topological polar surface area (TPSA) is 0 Å². The first-order valence-electron chi connectivity index (χ1n) is 5.49. The van der Waals surface area contributed by atoms with Crippen LogP contribution in [0, 0.1) is 0 Å². The molecule has 0 aliphatic rings. The van der Waals surface area contributed by atoms with E-state index in [2.05, 4.69) is 37.3 Å². The molecule has 0 N–H and O–H groups in total. The Morgan fingerprint density at radius 1 is 1.14 bits per heavy atom. The molecule has 0 saturated heterocycles. The highest BCUT2D eigenvalue weighted by atomic mass is 35.5. The Labute approximate surface area is 92.3 Å². The number of unbranched alkanes of at least 4 members (excludes halogenated alkanes) is 2. The minimum Gasteiger partial charge on any atom is -0.126 e. The highest BCUT2D eigenvalue weighted by Gasteiger charge is 2.08. The minimum absolute atomic E-state index is 0.546.